The molecule has 1 N–H and O–H groups in total. The first-order valence-electron chi connectivity index (χ1n) is 11.7. The van der Waals surface area contributed by atoms with Crippen LogP contribution in [0, 0.1) is 5.41 Å². The molecule has 2 aliphatic rings. The van der Waals surface area contributed by atoms with Crippen LogP contribution in [0.1, 0.15) is 30.9 Å². The first-order valence-corrected chi connectivity index (χ1v) is 11.7. The number of nitrogens with one attached hydrogen (secondary N) is 1. The van der Waals surface area contributed by atoms with Gasteiger partial charge in [-0.3, -0.25) is 14.6 Å². The summed E-state index contributed by atoms with van der Waals surface area (Å²) in [6.45, 7) is 5.96. The van der Waals surface area contributed by atoms with E-state index in [1.807, 2.05) is 37.3 Å². The van der Waals surface area contributed by atoms with E-state index in [4.69, 9.17) is 9.47 Å². The van der Waals surface area contributed by atoms with Crippen molar-refractivity contribution >= 4 is 17.7 Å². The summed E-state index contributed by atoms with van der Waals surface area (Å²) in [6.07, 6.45) is 2.37. The second-order valence-corrected chi connectivity index (χ2v) is 8.89. The predicted octanol–water partition coefficient (Wildman–Crippen LogP) is 3.61. The molecule has 2 amide bonds. The molecule has 176 valence electrons. The van der Waals surface area contributed by atoms with Gasteiger partial charge in [0.1, 0.15) is 5.75 Å². The number of rotatable bonds is 8. The Kier molecular flexibility index (Phi) is 7.18. The van der Waals surface area contributed by atoms with Crippen molar-refractivity contribution < 1.29 is 19.1 Å². The predicted molar refractivity (Wildman–Crippen MR) is 127 cm³/mol. The van der Waals surface area contributed by atoms with Gasteiger partial charge in [-0.15, -0.1) is 0 Å². The normalized spacial score (nSPS) is 21.0. The van der Waals surface area contributed by atoms with Crippen molar-refractivity contribution in [1.82, 2.24) is 10.2 Å². The monoisotopic (exact) mass is 451 g/mol. The number of carbonyl (C=O) groups excluding carboxylic acids is 2. The number of ether oxygens (including phenoxy) is 2. The summed E-state index contributed by atoms with van der Waals surface area (Å²) in [6, 6.07) is 16.0. The van der Waals surface area contributed by atoms with Crippen molar-refractivity contribution in [3.8, 4) is 5.75 Å². The largest absolute Gasteiger partial charge is 0.497 e. The quantitative estimate of drug-likeness (QED) is 0.621. The van der Waals surface area contributed by atoms with E-state index >= 15 is 0 Å². The fraction of sp³-hybridized carbons (Fsp3) is 0.462. The lowest BCUT2D eigenvalue weighted by atomic mass is 9.75. The number of esters is 1. The summed E-state index contributed by atoms with van der Waals surface area (Å²) in [5.74, 6) is 0.680. The minimum atomic E-state index is -0.575. The fourth-order valence-electron chi connectivity index (χ4n) is 4.96. The van der Waals surface area contributed by atoms with Gasteiger partial charge in [0.05, 0.1) is 19.1 Å². The number of benzene rings is 2. The van der Waals surface area contributed by atoms with Gasteiger partial charge < -0.3 is 14.8 Å². The van der Waals surface area contributed by atoms with Crippen molar-refractivity contribution in [3.63, 3.8) is 0 Å². The minimum Gasteiger partial charge on any atom is -0.497 e. The summed E-state index contributed by atoms with van der Waals surface area (Å²) in [5, 5.41) is 2.83. The molecule has 0 saturated carbocycles. The number of nitrogens with zero attached hydrogens (tertiary/aromatic N) is 2. The van der Waals surface area contributed by atoms with Crippen LogP contribution in [0.15, 0.2) is 48.5 Å². The van der Waals surface area contributed by atoms with Crippen molar-refractivity contribution in [2.45, 2.75) is 32.7 Å². The van der Waals surface area contributed by atoms with E-state index in [1.165, 1.54) is 5.56 Å². The number of anilines is 1. The molecule has 4 rings (SSSR count). The molecular formula is C26H33N3O4. The first kappa shape index (κ1) is 23.1. The van der Waals surface area contributed by atoms with Crippen molar-refractivity contribution in [2.75, 3.05) is 44.8 Å². The molecule has 1 unspecified atom stereocenters. The van der Waals surface area contributed by atoms with Gasteiger partial charge in [-0.05, 0) is 68.1 Å². The van der Waals surface area contributed by atoms with Crippen LogP contribution in [0.5, 0.6) is 5.75 Å². The molecule has 0 aliphatic carbocycles. The maximum absolute atomic E-state index is 13.2. The van der Waals surface area contributed by atoms with Crippen LogP contribution < -0.4 is 15.0 Å². The maximum atomic E-state index is 13.2. The average molecular weight is 452 g/mol. The fourth-order valence-corrected chi connectivity index (χ4v) is 4.96. The summed E-state index contributed by atoms with van der Waals surface area (Å²) >= 11 is 0. The molecular weight excluding hydrogens is 418 g/mol. The summed E-state index contributed by atoms with van der Waals surface area (Å²) in [5.41, 5.74) is 2.58. The molecule has 2 heterocycles. The highest BCUT2D eigenvalue weighted by Crippen LogP contribution is 2.36. The molecule has 1 atom stereocenters. The van der Waals surface area contributed by atoms with Crippen LogP contribution in [-0.4, -0.2) is 56.8 Å². The molecule has 0 bridgehead atoms. The average Bonchev–Trinajstić information content (AvgIpc) is 3.26. The first-order chi connectivity index (χ1) is 16.0. The van der Waals surface area contributed by atoms with E-state index in [0.717, 1.165) is 42.9 Å². The van der Waals surface area contributed by atoms with Crippen LogP contribution in [0.4, 0.5) is 10.5 Å². The van der Waals surface area contributed by atoms with Gasteiger partial charge in [0.25, 0.3) is 0 Å². The van der Waals surface area contributed by atoms with E-state index in [0.29, 0.717) is 32.7 Å². The van der Waals surface area contributed by atoms with E-state index < -0.39 is 5.41 Å². The number of carbonyl (C=O) groups is 2. The van der Waals surface area contributed by atoms with E-state index in [1.54, 1.807) is 12.0 Å². The van der Waals surface area contributed by atoms with Crippen LogP contribution >= 0.6 is 0 Å². The maximum Gasteiger partial charge on any atom is 0.321 e. The van der Waals surface area contributed by atoms with E-state index in [9.17, 15) is 9.59 Å². The Bertz CT molecular complexity index is 978. The van der Waals surface area contributed by atoms with E-state index in [2.05, 4.69) is 28.4 Å². The number of piperidine rings is 1. The Hall–Kier alpha value is -3.06. The summed E-state index contributed by atoms with van der Waals surface area (Å²) in [4.78, 5) is 29.2. The molecule has 7 nitrogen and oxygen atoms in total. The number of hydrogen-bond donors (Lipinski definition) is 1. The van der Waals surface area contributed by atoms with Crippen molar-refractivity contribution in [1.29, 1.82) is 0 Å². The number of urea groups is 1. The third-order valence-electron chi connectivity index (χ3n) is 6.55. The molecule has 2 saturated heterocycles. The van der Waals surface area contributed by atoms with Crippen molar-refractivity contribution in [2.24, 2.45) is 5.41 Å². The molecule has 33 heavy (non-hydrogen) atoms. The minimum absolute atomic E-state index is 0.0458. The molecule has 0 aromatic heterocycles. The molecule has 7 heteroatoms. The van der Waals surface area contributed by atoms with Gasteiger partial charge in [-0.25, -0.2) is 4.79 Å². The highest BCUT2D eigenvalue weighted by Gasteiger charge is 2.43. The SMILES string of the molecule is CCOC(=O)C1(Cc2cccc(OC)c2)CCCN(Cc2ccc(N3CCNC3=O)cc2)C1. The Morgan fingerprint density at radius 1 is 1.12 bits per heavy atom. The summed E-state index contributed by atoms with van der Waals surface area (Å²) in [7, 11) is 1.66. The molecule has 0 spiro atoms. The number of likely N-dealkylation sites (tertiary alicyclic amines) is 1. The third kappa shape index (κ3) is 5.30. The van der Waals surface area contributed by atoms with Gasteiger partial charge in [0.15, 0.2) is 0 Å². The number of amides is 2. The highest BCUT2D eigenvalue weighted by atomic mass is 16.5. The zero-order valence-electron chi connectivity index (χ0n) is 19.5. The van der Waals surface area contributed by atoms with Gasteiger partial charge in [-0.2, -0.15) is 0 Å². The zero-order chi connectivity index (χ0) is 23.3. The van der Waals surface area contributed by atoms with Gasteiger partial charge in [0.2, 0.25) is 0 Å². The smallest absolute Gasteiger partial charge is 0.321 e. The molecule has 0 radical (unpaired) electrons. The number of methoxy groups -OCH3 is 1. The van der Waals surface area contributed by atoms with Crippen LogP contribution in [-0.2, 0) is 22.5 Å². The number of hydrogen-bond acceptors (Lipinski definition) is 5. The Labute approximate surface area is 195 Å². The zero-order valence-corrected chi connectivity index (χ0v) is 19.5. The lowest BCUT2D eigenvalue weighted by molar-refractivity contribution is -0.159. The van der Waals surface area contributed by atoms with Crippen LogP contribution in [0.2, 0.25) is 0 Å². The van der Waals surface area contributed by atoms with Crippen LogP contribution in [0.25, 0.3) is 0 Å². The lowest BCUT2D eigenvalue weighted by Gasteiger charge is -2.41. The Morgan fingerprint density at radius 2 is 1.94 bits per heavy atom. The van der Waals surface area contributed by atoms with Crippen LogP contribution in [0.3, 0.4) is 0 Å². The molecule has 2 aromatic rings. The van der Waals surface area contributed by atoms with E-state index in [-0.39, 0.29) is 12.0 Å². The second-order valence-electron chi connectivity index (χ2n) is 8.89. The standard InChI is InChI=1S/C26H33N3O4/c1-3-33-24(30)26(17-21-6-4-7-23(16-21)32-2)12-5-14-28(19-26)18-20-8-10-22(11-9-20)29-15-13-27-25(29)31/h4,6-11,16H,3,5,12-15,17-19H2,1-2H3,(H,27,31). The molecule has 2 fully saturated rings. The van der Waals surface area contributed by atoms with Gasteiger partial charge in [0, 0.05) is 31.9 Å². The topological polar surface area (TPSA) is 71.1 Å². The highest BCUT2D eigenvalue weighted by molar-refractivity contribution is 5.94. The Morgan fingerprint density at radius 3 is 2.64 bits per heavy atom. The van der Waals surface area contributed by atoms with Crippen molar-refractivity contribution in [3.05, 3.63) is 59.7 Å². The second kappa shape index (κ2) is 10.3. The van der Waals surface area contributed by atoms with Gasteiger partial charge in [-0.1, -0.05) is 24.3 Å². The third-order valence-corrected chi connectivity index (χ3v) is 6.55. The summed E-state index contributed by atoms with van der Waals surface area (Å²) < 4.78 is 10.9. The molecule has 2 aliphatic heterocycles. The van der Waals surface area contributed by atoms with Gasteiger partial charge >= 0.3 is 12.0 Å². The molecule has 2 aromatic carbocycles. The Balaban J connectivity index is 1.49. The lowest BCUT2D eigenvalue weighted by Crippen LogP contribution is -2.49.